The molecule has 0 radical (unpaired) electrons. The fourth-order valence-electron chi connectivity index (χ4n) is 1.55. The number of hydrazine groups is 1. The highest BCUT2D eigenvalue weighted by Crippen LogP contribution is 2.25. The van der Waals surface area contributed by atoms with Crippen LogP contribution in [0.3, 0.4) is 0 Å². The molecule has 0 aliphatic heterocycles. The second-order valence-corrected chi connectivity index (χ2v) is 7.00. The van der Waals surface area contributed by atoms with Gasteiger partial charge in [0.05, 0.1) is 11.3 Å². The lowest BCUT2D eigenvalue weighted by molar-refractivity contribution is 0.513. The molecule has 3 N–H and O–H groups in total. The minimum absolute atomic E-state index is 0.469. The summed E-state index contributed by atoms with van der Waals surface area (Å²) in [4.78, 5) is 0. The van der Waals surface area contributed by atoms with E-state index in [1.807, 2.05) is 19.1 Å². The molecule has 0 aliphatic carbocycles. The molecule has 0 bridgehead atoms. The van der Waals surface area contributed by atoms with Gasteiger partial charge in [-0.2, -0.15) is 0 Å². The molecule has 1 rings (SSSR count). The van der Waals surface area contributed by atoms with E-state index < -0.39 is 21.1 Å². The van der Waals surface area contributed by atoms with E-state index in [9.17, 15) is 8.42 Å². The second kappa shape index (κ2) is 5.35. The van der Waals surface area contributed by atoms with Gasteiger partial charge < -0.3 is 0 Å². The van der Waals surface area contributed by atoms with Gasteiger partial charge in [0.25, 0.3) is 0 Å². The second-order valence-electron chi connectivity index (χ2n) is 4.19. The van der Waals surface area contributed by atoms with Gasteiger partial charge in [-0.05, 0) is 31.0 Å². The molecule has 0 saturated carbocycles. The molecule has 1 aromatic rings. The standard InChI is InChI=1S/C11H17ClN2O2S/c1-7-4-5-9(6-10(7)12)11(14-13)8(2)17(3,15)16/h4-6,8,11,14H,13H2,1-3H3. The molecule has 0 saturated heterocycles. The van der Waals surface area contributed by atoms with E-state index in [2.05, 4.69) is 5.43 Å². The Morgan fingerprint density at radius 3 is 2.41 bits per heavy atom. The number of aryl methyl sites for hydroxylation is 1. The third kappa shape index (κ3) is 3.42. The normalized spacial score (nSPS) is 15.6. The van der Waals surface area contributed by atoms with Crippen LogP contribution in [0.2, 0.25) is 5.02 Å². The molecule has 2 atom stereocenters. The third-order valence-electron chi connectivity index (χ3n) is 2.88. The Labute approximate surface area is 107 Å². The Balaban J connectivity index is 3.14. The van der Waals surface area contributed by atoms with E-state index in [-0.39, 0.29) is 0 Å². The van der Waals surface area contributed by atoms with Crippen LogP contribution in [0.1, 0.15) is 24.1 Å². The largest absolute Gasteiger partial charge is 0.271 e. The van der Waals surface area contributed by atoms with Gasteiger partial charge in [0.2, 0.25) is 0 Å². The maximum Gasteiger partial charge on any atom is 0.151 e. The topological polar surface area (TPSA) is 72.2 Å². The van der Waals surface area contributed by atoms with E-state index in [0.717, 1.165) is 11.1 Å². The summed E-state index contributed by atoms with van der Waals surface area (Å²) in [6, 6.07) is 4.94. The minimum atomic E-state index is -3.17. The van der Waals surface area contributed by atoms with Crippen molar-refractivity contribution in [3.63, 3.8) is 0 Å². The van der Waals surface area contributed by atoms with E-state index in [1.165, 1.54) is 6.26 Å². The first kappa shape index (κ1) is 14.4. The van der Waals surface area contributed by atoms with E-state index in [4.69, 9.17) is 17.4 Å². The zero-order chi connectivity index (χ0) is 13.2. The fourth-order valence-corrected chi connectivity index (χ4v) is 2.47. The van der Waals surface area contributed by atoms with Crippen molar-refractivity contribution in [1.29, 1.82) is 0 Å². The summed E-state index contributed by atoms with van der Waals surface area (Å²) >= 11 is 6.02. The molecular formula is C11H17ClN2O2S. The van der Waals surface area contributed by atoms with Gasteiger partial charge in [-0.3, -0.25) is 11.3 Å². The lowest BCUT2D eigenvalue weighted by atomic mass is 10.0. The SMILES string of the molecule is Cc1ccc(C(NN)C(C)S(C)(=O)=O)cc1Cl. The van der Waals surface area contributed by atoms with Crippen molar-refractivity contribution in [2.75, 3.05) is 6.26 Å². The van der Waals surface area contributed by atoms with Crippen molar-refractivity contribution < 1.29 is 8.42 Å². The number of hydrogen-bond donors (Lipinski definition) is 2. The summed E-state index contributed by atoms with van der Waals surface area (Å²) in [5, 5.41) is -0.0188. The Kier molecular flexibility index (Phi) is 4.55. The van der Waals surface area contributed by atoms with Gasteiger partial charge in [0.15, 0.2) is 9.84 Å². The monoisotopic (exact) mass is 276 g/mol. The summed E-state index contributed by atoms with van der Waals surface area (Å²) in [6.45, 7) is 3.50. The van der Waals surface area contributed by atoms with Crippen LogP contribution >= 0.6 is 11.6 Å². The molecule has 0 heterocycles. The fraction of sp³-hybridized carbons (Fsp3) is 0.455. The first-order valence-electron chi connectivity index (χ1n) is 5.18. The number of halogens is 1. The van der Waals surface area contributed by atoms with Crippen LogP contribution in [0.5, 0.6) is 0 Å². The maximum absolute atomic E-state index is 11.5. The predicted octanol–water partition coefficient (Wildman–Crippen LogP) is 1.59. The minimum Gasteiger partial charge on any atom is -0.271 e. The summed E-state index contributed by atoms with van der Waals surface area (Å²) < 4.78 is 23.1. The van der Waals surface area contributed by atoms with Crippen molar-refractivity contribution in [1.82, 2.24) is 5.43 Å². The molecule has 0 spiro atoms. The van der Waals surface area contributed by atoms with Crippen LogP contribution in [-0.4, -0.2) is 19.9 Å². The van der Waals surface area contributed by atoms with Crippen molar-refractivity contribution in [2.45, 2.75) is 25.1 Å². The van der Waals surface area contributed by atoms with Crippen molar-refractivity contribution >= 4 is 21.4 Å². The average Bonchev–Trinajstić information content (AvgIpc) is 2.23. The summed E-state index contributed by atoms with van der Waals surface area (Å²) in [7, 11) is -3.17. The summed E-state index contributed by atoms with van der Waals surface area (Å²) in [5.74, 6) is 5.43. The number of benzene rings is 1. The van der Waals surface area contributed by atoms with Gasteiger partial charge in [0.1, 0.15) is 0 Å². The zero-order valence-electron chi connectivity index (χ0n) is 10.1. The summed E-state index contributed by atoms with van der Waals surface area (Å²) in [6.07, 6.45) is 1.19. The lowest BCUT2D eigenvalue weighted by Gasteiger charge is -2.22. The number of sulfone groups is 1. The van der Waals surface area contributed by atoms with Crippen molar-refractivity contribution in [3.8, 4) is 0 Å². The van der Waals surface area contributed by atoms with Crippen molar-refractivity contribution in [3.05, 3.63) is 34.3 Å². The number of rotatable bonds is 4. The van der Waals surface area contributed by atoms with E-state index in [0.29, 0.717) is 5.02 Å². The highest BCUT2D eigenvalue weighted by molar-refractivity contribution is 7.91. The van der Waals surface area contributed by atoms with Crippen LogP contribution < -0.4 is 11.3 Å². The molecule has 17 heavy (non-hydrogen) atoms. The Hall–Kier alpha value is -0.620. The van der Waals surface area contributed by atoms with Crippen LogP contribution in [0.4, 0.5) is 0 Å². The van der Waals surface area contributed by atoms with Gasteiger partial charge in [0, 0.05) is 11.3 Å². The smallest absolute Gasteiger partial charge is 0.151 e. The van der Waals surface area contributed by atoms with Gasteiger partial charge >= 0.3 is 0 Å². The van der Waals surface area contributed by atoms with Crippen LogP contribution in [0, 0.1) is 6.92 Å². The van der Waals surface area contributed by atoms with Gasteiger partial charge in [-0.15, -0.1) is 0 Å². The Morgan fingerprint density at radius 2 is 2.00 bits per heavy atom. The molecule has 0 amide bonds. The maximum atomic E-state index is 11.5. The highest BCUT2D eigenvalue weighted by atomic mass is 35.5. The molecule has 4 nitrogen and oxygen atoms in total. The van der Waals surface area contributed by atoms with Crippen molar-refractivity contribution in [2.24, 2.45) is 5.84 Å². The number of nitrogens with two attached hydrogens (primary N) is 1. The highest BCUT2D eigenvalue weighted by Gasteiger charge is 2.26. The predicted molar refractivity (Wildman–Crippen MR) is 70.6 cm³/mol. The molecule has 0 aromatic heterocycles. The molecule has 2 unspecified atom stereocenters. The van der Waals surface area contributed by atoms with E-state index in [1.54, 1.807) is 13.0 Å². The molecule has 0 fully saturated rings. The third-order valence-corrected chi connectivity index (χ3v) is 4.91. The first-order chi connectivity index (χ1) is 7.77. The zero-order valence-corrected chi connectivity index (χ0v) is 11.6. The lowest BCUT2D eigenvalue weighted by Crippen LogP contribution is -2.38. The Bertz CT molecular complexity index is 502. The van der Waals surface area contributed by atoms with E-state index >= 15 is 0 Å². The van der Waals surface area contributed by atoms with Crippen LogP contribution in [0.25, 0.3) is 0 Å². The molecule has 0 aliphatic rings. The number of nitrogens with one attached hydrogen (secondary N) is 1. The Morgan fingerprint density at radius 1 is 1.41 bits per heavy atom. The quantitative estimate of drug-likeness (QED) is 0.647. The van der Waals surface area contributed by atoms with Crippen LogP contribution in [0.15, 0.2) is 18.2 Å². The van der Waals surface area contributed by atoms with Gasteiger partial charge in [-0.25, -0.2) is 8.42 Å². The number of hydrogen-bond acceptors (Lipinski definition) is 4. The molecule has 96 valence electrons. The summed E-state index contributed by atoms with van der Waals surface area (Å²) in [5.41, 5.74) is 4.24. The first-order valence-corrected chi connectivity index (χ1v) is 7.51. The molecular weight excluding hydrogens is 260 g/mol. The molecule has 1 aromatic carbocycles. The van der Waals surface area contributed by atoms with Gasteiger partial charge in [-0.1, -0.05) is 23.7 Å². The molecule has 6 heteroatoms. The average molecular weight is 277 g/mol. The van der Waals surface area contributed by atoms with Crippen LogP contribution in [-0.2, 0) is 9.84 Å².